The van der Waals surface area contributed by atoms with Crippen LogP contribution in [0.25, 0.3) is 0 Å². The number of nitrogens with zero attached hydrogens (tertiary/aromatic N) is 1. The average molecular weight is 722 g/mol. The molecule has 0 amide bonds. The summed E-state index contributed by atoms with van der Waals surface area (Å²) in [5.41, 5.74) is 0.228. The first-order valence-corrected chi connectivity index (χ1v) is 22.3. The van der Waals surface area contributed by atoms with E-state index in [1.165, 1.54) is 116 Å². The summed E-state index contributed by atoms with van der Waals surface area (Å²) in [6, 6.07) is 0. The Labute approximate surface area is 317 Å². The van der Waals surface area contributed by atoms with E-state index in [-0.39, 0.29) is 29.4 Å². The van der Waals surface area contributed by atoms with Crippen LogP contribution in [0.5, 0.6) is 0 Å². The van der Waals surface area contributed by atoms with Gasteiger partial charge in [-0.15, -0.1) is 0 Å². The quantitative estimate of drug-likeness (QED) is 0.0505. The van der Waals surface area contributed by atoms with Crippen molar-refractivity contribution in [1.29, 1.82) is 0 Å². The minimum Gasteiger partial charge on any atom is -0.466 e. The summed E-state index contributed by atoms with van der Waals surface area (Å²) >= 11 is 0. The highest BCUT2D eigenvalue weighted by Gasteiger charge is 2.43. The number of aliphatic hydroxyl groups is 1. The zero-order chi connectivity index (χ0) is 37.5. The molecule has 0 aromatic rings. The molecule has 6 nitrogen and oxygen atoms in total. The van der Waals surface area contributed by atoms with Gasteiger partial charge in [0.15, 0.2) is 0 Å². The van der Waals surface area contributed by atoms with E-state index >= 15 is 0 Å². The molecule has 51 heavy (non-hydrogen) atoms. The maximum atomic E-state index is 12.7. The van der Waals surface area contributed by atoms with E-state index in [4.69, 9.17) is 9.47 Å². The van der Waals surface area contributed by atoms with E-state index in [9.17, 15) is 14.7 Å². The monoisotopic (exact) mass is 722 g/mol. The van der Waals surface area contributed by atoms with Gasteiger partial charge in [-0.05, 0) is 87.6 Å². The van der Waals surface area contributed by atoms with Gasteiger partial charge in [-0.1, -0.05) is 150 Å². The molecule has 0 spiro atoms. The van der Waals surface area contributed by atoms with Gasteiger partial charge < -0.3 is 19.5 Å². The Hall–Kier alpha value is -1.14. The third-order valence-corrected chi connectivity index (χ3v) is 11.5. The first kappa shape index (κ1) is 47.9. The van der Waals surface area contributed by atoms with Crippen molar-refractivity contribution in [3.8, 4) is 0 Å². The molecule has 0 bridgehead atoms. The third-order valence-electron chi connectivity index (χ3n) is 11.5. The molecule has 302 valence electrons. The van der Waals surface area contributed by atoms with Gasteiger partial charge >= 0.3 is 11.9 Å². The highest BCUT2D eigenvalue weighted by Crippen LogP contribution is 2.53. The standard InChI is InChI=1S/C45H87NO5/c1-6-9-12-13-14-15-20-29-42(48)51-40-44(4,5)30-21-16-23-34-46(36-37-47)35-24-17-22-31-45(32-33-45)39-43(49)50-38-25-28-41(26-18-10-7-2)27-19-11-8-3/h41,47H,6-40H2,1-5H3. The molecule has 0 unspecified atom stereocenters. The average Bonchev–Trinajstić information content (AvgIpc) is 3.87. The number of esters is 2. The second-order valence-electron chi connectivity index (χ2n) is 17.3. The van der Waals surface area contributed by atoms with Gasteiger partial charge in [0.2, 0.25) is 0 Å². The van der Waals surface area contributed by atoms with Crippen molar-refractivity contribution in [3.63, 3.8) is 0 Å². The number of rotatable bonds is 38. The summed E-state index contributed by atoms with van der Waals surface area (Å²) in [5, 5.41) is 9.63. The van der Waals surface area contributed by atoms with Crippen LogP contribution in [0.15, 0.2) is 0 Å². The lowest BCUT2D eigenvalue weighted by Crippen LogP contribution is -2.29. The Morgan fingerprint density at radius 1 is 0.647 bits per heavy atom. The molecular formula is C45H87NO5. The van der Waals surface area contributed by atoms with Crippen molar-refractivity contribution in [2.45, 2.75) is 221 Å². The van der Waals surface area contributed by atoms with Gasteiger partial charge in [0.25, 0.3) is 0 Å². The zero-order valence-electron chi connectivity index (χ0n) is 34.9. The van der Waals surface area contributed by atoms with Gasteiger partial charge in [0, 0.05) is 13.0 Å². The second-order valence-corrected chi connectivity index (χ2v) is 17.3. The Balaban J connectivity index is 2.15. The normalized spacial score (nSPS) is 14.0. The zero-order valence-corrected chi connectivity index (χ0v) is 34.9. The van der Waals surface area contributed by atoms with E-state index in [2.05, 4.69) is 39.5 Å². The Morgan fingerprint density at radius 2 is 1.20 bits per heavy atom. The molecule has 1 N–H and O–H groups in total. The SMILES string of the molecule is CCCCCCCCCC(=O)OCC(C)(C)CCCCCN(CCO)CCCCCC1(CC(=O)OCCCC(CCCCC)CCCCC)CC1. The molecule has 1 saturated carbocycles. The lowest BCUT2D eigenvalue weighted by molar-refractivity contribution is -0.147. The van der Waals surface area contributed by atoms with Crippen LogP contribution in [0.3, 0.4) is 0 Å². The van der Waals surface area contributed by atoms with E-state index in [1.54, 1.807) is 0 Å². The summed E-state index contributed by atoms with van der Waals surface area (Å²) in [6.45, 7) is 15.3. The van der Waals surface area contributed by atoms with Crippen molar-refractivity contribution >= 4 is 11.9 Å². The molecule has 1 rings (SSSR count). The van der Waals surface area contributed by atoms with Crippen molar-refractivity contribution in [3.05, 3.63) is 0 Å². The van der Waals surface area contributed by atoms with Crippen LogP contribution in [0.1, 0.15) is 221 Å². The molecule has 0 saturated heterocycles. The smallest absolute Gasteiger partial charge is 0.306 e. The topological polar surface area (TPSA) is 76.1 Å². The summed E-state index contributed by atoms with van der Waals surface area (Å²) in [6.07, 6.45) is 34.0. The first-order valence-electron chi connectivity index (χ1n) is 22.3. The Kier molecular flexibility index (Phi) is 29.3. The van der Waals surface area contributed by atoms with E-state index in [0.717, 1.165) is 83.3 Å². The second kappa shape index (κ2) is 31.2. The molecule has 1 fully saturated rings. The largest absolute Gasteiger partial charge is 0.466 e. The number of carbonyl (C=O) groups excluding carboxylic acids is 2. The molecule has 1 aliphatic carbocycles. The summed E-state index contributed by atoms with van der Waals surface area (Å²) < 4.78 is 11.4. The van der Waals surface area contributed by atoms with Gasteiger partial charge in [0.1, 0.15) is 0 Å². The number of carbonyl (C=O) groups is 2. The highest BCUT2D eigenvalue weighted by molar-refractivity contribution is 5.70. The molecule has 0 aromatic heterocycles. The molecule has 0 atom stereocenters. The van der Waals surface area contributed by atoms with Gasteiger partial charge in [-0.3, -0.25) is 9.59 Å². The predicted octanol–water partition coefficient (Wildman–Crippen LogP) is 12.4. The number of aliphatic hydroxyl groups excluding tert-OH is 1. The van der Waals surface area contributed by atoms with Crippen molar-refractivity contribution in [2.75, 3.05) is 39.5 Å². The highest BCUT2D eigenvalue weighted by atomic mass is 16.5. The molecule has 0 heterocycles. The fourth-order valence-corrected chi connectivity index (χ4v) is 7.66. The number of hydrogen-bond donors (Lipinski definition) is 1. The Bertz CT molecular complexity index is 815. The number of unbranched alkanes of at least 4 members (excludes halogenated alkanes) is 14. The fourth-order valence-electron chi connectivity index (χ4n) is 7.66. The molecular weight excluding hydrogens is 634 g/mol. The van der Waals surface area contributed by atoms with Gasteiger partial charge in [-0.25, -0.2) is 0 Å². The van der Waals surface area contributed by atoms with Crippen molar-refractivity contribution < 1.29 is 24.2 Å². The van der Waals surface area contributed by atoms with Gasteiger partial charge in [-0.2, -0.15) is 0 Å². The van der Waals surface area contributed by atoms with Crippen LogP contribution in [0, 0.1) is 16.7 Å². The number of ether oxygens (including phenoxy) is 2. The van der Waals surface area contributed by atoms with Crippen LogP contribution < -0.4 is 0 Å². The summed E-state index contributed by atoms with van der Waals surface area (Å²) in [7, 11) is 0. The molecule has 0 radical (unpaired) electrons. The van der Waals surface area contributed by atoms with Crippen LogP contribution in [-0.4, -0.2) is 61.4 Å². The van der Waals surface area contributed by atoms with Crippen LogP contribution in [-0.2, 0) is 19.1 Å². The minimum absolute atomic E-state index is 0.0149. The maximum absolute atomic E-state index is 12.7. The van der Waals surface area contributed by atoms with E-state index < -0.39 is 0 Å². The third kappa shape index (κ3) is 28.0. The van der Waals surface area contributed by atoms with Crippen LogP contribution >= 0.6 is 0 Å². The lowest BCUT2D eigenvalue weighted by atomic mass is 9.88. The van der Waals surface area contributed by atoms with Crippen molar-refractivity contribution in [2.24, 2.45) is 16.7 Å². The van der Waals surface area contributed by atoms with E-state index in [1.807, 2.05) is 0 Å². The van der Waals surface area contributed by atoms with Crippen LogP contribution in [0.2, 0.25) is 0 Å². The van der Waals surface area contributed by atoms with Crippen LogP contribution in [0.4, 0.5) is 0 Å². The maximum Gasteiger partial charge on any atom is 0.306 e. The molecule has 1 aliphatic rings. The first-order chi connectivity index (χ1) is 24.7. The lowest BCUT2D eigenvalue weighted by Gasteiger charge is -2.25. The van der Waals surface area contributed by atoms with Gasteiger partial charge in [0.05, 0.1) is 26.2 Å². The van der Waals surface area contributed by atoms with Crippen molar-refractivity contribution in [1.82, 2.24) is 4.90 Å². The molecule has 0 aliphatic heterocycles. The number of hydrogen-bond acceptors (Lipinski definition) is 6. The predicted molar refractivity (Wildman–Crippen MR) is 216 cm³/mol. The van der Waals surface area contributed by atoms with E-state index in [0.29, 0.717) is 26.1 Å². The summed E-state index contributed by atoms with van der Waals surface area (Å²) in [4.78, 5) is 27.3. The summed E-state index contributed by atoms with van der Waals surface area (Å²) in [5.74, 6) is 0.792. The Morgan fingerprint density at radius 3 is 1.80 bits per heavy atom. The fraction of sp³-hybridized carbons (Fsp3) is 0.956. The molecule has 6 heteroatoms. The molecule has 0 aromatic carbocycles. The minimum atomic E-state index is -0.0360.